The third-order valence-electron chi connectivity index (χ3n) is 3.65. The Morgan fingerprint density at radius 2 is 1.86 bits per heavy atom. The lowest BCUT2D eigenvalue weighted by Gasteiger charge is -2.14. The van der Waals surface area contributed by atoms with Gasteiger partial charge in [-0.2, -0.15) is 0 Å². The highest BCUT2D eigenvalue weighted by Crippen LogP contribution is 2.36. The molecule has 0 saturated heterocycles. The highest BCUT2D eigenvalue weighted by molar-refractivity contribution is 8.00. The van der Waals surface area contributed by atoms with E-state index in [1.807, 2.05) is 38.1 Å². The van der Waals surface area contributed by atoms with E-state index < -0.39 is 5.91 Å². The van der Waals surface area contributed by atoms with Crippen LogP contribution in [0.15, 0.2) is 41.3 Å². The molecule has 2 amide bonds. The van der Waals surface area contributed by atoms with Gasteiger partial charge >= 0.3 is 0 Å². The summed E-state index contributed by atoms with van der Waals surface area (Å²) in [6.07, 6.45) is 0.814. The molecular formula is C20H23ClN2O4S. The van der Waals surface area contributed by atoms with Crippen molar-refractivity contribution in [1.82, 2.24) is 10.9 Å². The van der Waals surface area contributed by atoms with Crippen LogP contribution in [0.4, 0.5) is 0 Å². The van der Waals surface area contributed by atoms with Gasteiger partial charge in [0.2, 0.25) is 5.91 Å². The molecule has 0 radical (unpaired) electrons. The number of thioether (sulfide) groups is 1. The lowest BCUT2D eigenvalue weighted by Crippen LogP contribution is -2.42. The number of benzene rings is 2. The van der Waals surface area contributed by atoms with Gasteiger partial charge in [-0.05, 0) is 37.6 Å². The van der Waals surface area contributed by atoms with E-state index in [2.05, 4.69) is 10.9 Å². The Morgan fingerprint density at radius 1 is 1.14 bits per heavy atom. The second-order valence-electron chi connectivity index (χ2n) is 5.94. The van der Waals surface area contributed by atoms with Crippen LogP contribution in [0.1, 0.15) is 29.3 Å². The zero-order valence-corrected chi connectivity index (χ0v) is 17.6. The number of amides is 2. The molecule has 2 aromatic rings. The first-order valence-corrected chi connectivity index (χ1v) is 10.1. The Labute approximate surface area is 173 Å². The first kappa shape index (κ1) is 21.9. The van der Waals surface area contributed by atoms with Crippen LogP contribution in [-0.2, 0) is 4.79 Å². The molecule has 0 bridgehead atoms. The molecule has 0 spiro atoms. The smallest absolute Gasteiger partial charge is 0.269 e. The number of aryl methyl sites for hydroxylation is 1. The van der Waals surface area contributed by atoms with E-state index in [4.69, 9.17) is 21.1 Å². The molecule has 28 heavy (non-hydrogen) atoms. The summed E-state index contributed by atoms with van der Waals surface area (Å²) >= 11 is 7.59. The van der Waals surface area contributed by atoms with Gasteiger partial charge in [0.15, 0.2) is 11.5 Å². The number of rotatable bonds is 8. The van der Waals surface area contributed by atoms with Crippen LogP contribution in [0.25, 0.3) is 0 Å². The number of carbonyl (C=O) groups excluding carboxylic acids is 2. The van der Waals surface area contributed by atoms with Crippen molar-refractivity contribution in [3.8, 4) is 11.5 Å². The standard InChI is InChI=1S/C20H23ClN2O4S/c1-4-9-27-19-16(21)10-14(11-17(19)26-3)20(25)23-22-18(24)12-28-15-7-5-13(2)6-8-15/h5-8,10-11H,4,9,12H2,1-3H3,(H,22,24)(H,23,25). The quantitative estimate of drug-likeness (QED) is 0.496. The molecule has 0 aliphatic rings. The Bertz CT molecular complexity index is 828. The van der Waals surface area contributed by atoms with Gasteiger partial charge in [0.05, 0.1) is 24.5 Å². The molecule has 0 saturated carbocycles. The maximum atomic E-state index is 12.3. The molecule has 0 heterocycles. The van der Waals surface area contributed by atoms with Gasteiger partial charge in [0.1, 0.15) is 0 Å². The van der Waals surface area contributed by atoms with Crippen LogP contribution in [0.3, 0.4) is 0 Å². The predicted molar refractivity (Wildman–Crippen MR) is 111 cm³/mol. The predicted octanol–water partition coefficient (Wildman–Crippen LogP) is 4.00. The van der Waals surface area contributed by atoms with Crippen LogP contribution < -0.4 is 20.3 Å². The number of carbonyl (C=O) groups is 2. The molecule has 2 aromatic carbocycles. The van der Waals surface area contributed by atoms with E-state index >= 15 is 0 Å². The van der Waals surface area contributed by atoms with E-state index in [-0.39, 0.29) is 22.2 Å². The number of hydrogen-bond donors (Lipinski definition) is 2. The number of ether oxygens (including phenoxy) is 2. The fourth-order valence-corrected chi connectivity index (χ4v) is 3.18. The van der Waals surface area contributed by atoms with Crippen molar-refractivity contribution >= 4 is 35.2 Å². The molecule has 0 aliphatic heterocycles. The van der Waals surface area contributed by atoms with E-state index in [0.717, 1.165) is 16.9 Å². The Kier molecular flexibility index (Phi) is 8.47. The van der Waals surface area contributed by atoms with E-state index in [0.29, 0.717) is 18.1 Å². The van der Waals surface area contributed by atoms with E-state index in [9.17, 15) is 9.59 Å². The van der Waals surface area contributed by atoms with Crippen molar-refractivity contribution in [1.29, 1.82) is 0 Å². The van der Waals surface area contributed by atoms with Crippen LogP contribution in [-0.4, -0.2) is 31.3 Å². The first-order chi connectivity index (χ1) is 13.4. The van der Waals surface area contributed by atoms with Gasteiger partial charge in [-0.3, -0.25) is 20.4 Å². The monoisotopic (exact) mass is 422 g/mol. The van der Waals surface area contributed by atoms with Crippen LogP contribution in [0.5, 0.6) is 11.5 Å². The Balaban J connectivity index is 1.92. The molecule has 6 nitrogen and oxygen atoms in total. The van der Waals surface area contributed by atoms with Crippen molar-refractivity contribution in [2.75, 3.05) is 19.5 Å². The molecule has 0 aliphatic carbocycles. The lowest BCUT2D eigenvalue weighted by atomic mass is 10.2. The minimum Gasteiger partial charge on any atom is -0.493 e. The number of hydrogen-bond acceptors (Lipinski definition) is 5. The van der Waals surface area contributed by atoms with Gasteiger partial charge in [0, 0.05) is 10.5 Å². The third-order valence-corrected chi connectivity index (χ3v) is 4.94. The lowest BCUT2D eigenvalue weighted by molar-refractivity contribution is -0.119. The summed E-state index contributed by atoms with van der Waals surface area (Å²) < 4.78 is 10.8. The highest BCUT2D eigenvalue weighted by Gasteiger charge is 2.16. The summed E-state index contributed by atoms with van der Waals surface area (Å²) in [5.74, 6) is 0.0984. The largest absolute Gasteiger partial charge is 0.493 e. The SMILES string of the molecule is CCCOc1c(Cl)cc(C(=O)NNC(=O)CSc2ccc(C)cc2)cc1OC. The molecule has 0 aromatic heterocycles. The van der Waals surface area contributed by atoms with Crippen molar-refractivity contribution < 1.29 is 19.1 Å². The average Bonchev–Trinajstić information content (AvgIpc) is 2.70. The summed E-state index contributed by atoms with van der Waals surface area (Å²) in [6, 6.07) is 10.8. The topological polar surface area (TPSA) is 76.7 Å². The fourth-order valence-electron chi connectivity index (χ4n) is 2.21. The molecule has 0 fully saturated rings. The molecule has 8 heteroatoms. The fraction of sp³-hybridized carbons (Fsp3) is 0.300. The second kappa shape index (κ2) is 10.8. The van der Waals surface area contributed by atoms with Crippen molar-refractivity contribution in [2.45, 2.75) is 25.2 Å². The van der Waals surface area contributed by atoms with Crippen molar-refractivity contribution in [2.24, 2.45) is 0 Å². The number of methoxy groups -OCH3 is 1. The number of halogens is 1. The van der Waals surface area contributed by atoms with Crippen LogP contribution in [0, 0.1) is 6.92 Å². The minimum absolute atomic E-state index is 0.178. The third kappa shape index (κ3) is 6.35. The number of hydrazine groups is 1. The molecule has 150 valence electrons. The normalized spacial score (nSPS) is 10.3. The Morgan fingerprint density at radius 3 is 2.50 bits per heavy atom. The molecule has 0 atom stereocenters. The summed E-state index contributed by atoms with van der Waals surface area (Å²) in [5.41, 5.74) is 6.17. The second-order valence-corrected chi connectivity index (χ2v) is 7.40. The van der Waals surface area contributed by atoms with Gasteiger partial charge in [-0.25, -0.2) is 0 Å². The van der Waals surface area contributed by atoms with Gasteiger partial charge in [-0.15, -0.1) is 11.8 Å². The zero-order chi connectivity index (χ0) is 20.5. The van der Waals surface area contributed by atoms with Gasteiger partial charge in [0.25, 0.3) is 5.91 Å². The van der Waals surface area contributed by atoms with Gasteiger partial charge in [-0.1, -0.05) is 36.2 Å². The molecule has 2 N–H and O–H groups in total. The number of nitrogens with one attached hydrogen (secondary N) is 2. The van der Waals surface area contributed by atoms with Crippen LogP contribution >= 0.6 is 23.4 Å². The van der Waals surface area contributed by atoms with Crippen molar-refractivity contribution in [3.63, 3.8) is 0 Å². The zero-order valence-electron chi connectivity index (χ0n) is 16.0. The minimum atomic E-state index is -0.504. The highest BCUT2D eigenvalue weighted by atomic mass is 35.5. The average molecular weight is 423 g/mol. The first-order valence-electron chi connectivity index (χ1n) is 8.73. The summed E-state index contributed by atoms with van der Waals surface area (Å²) in [4.78, 5) is 25.3. The van der Waals surface area contributed by atoms with Gasteiger partial charge < -0.3 is 9.47 Å². The molecular weight excluding hydrogens is 400 g/mol. The van der Waals surface area contributed by atoms with Crippen molar-refractivity contribution in [3.05, 3.63) is 52.5 Å². The van der Waals surface area contributed by atoms with E-state index in [1.165, 1.54) is 31.0 Å². The molecule has 0 unspecified atom stereocenters. The summed E-state index contributed by atoms with van der Waals surface area (Å²) in [6.45, 7) is 4.46. The maximum Gasteiger partial charge on any atom is 0.269 e. The van der Waals surface area contributed by atoms with E-state index in [1.54, 1.807) is 0 Å². The summed E-state index contributed by atoms with van der Waals surface area (Å²) in [7, 11) is 1.47. The Hall–Kier alpha value is -2.38. The maximum absolute atomic E-state index is 12.3. The van der Waals surface area contributed by atoms with Crippen LogP contribution in [0.2, 0.25) is 5.02 Å². The molecule has 2 rings (SSSR count). The summed E-state index contributed by atoms with van der Waals surface area (Å²) in [5, 5.41) is 0.263.